The van der Waals surface area contributed by atoms with Crippen molar-refractivity contribution < 1.29 is 27.6 Å². The summed E-state index contributed by atoms with van der Waals surface area (Å²) >= 11 is 0. The van der Waals surface area contributed by atoms with E-state index in [0.29, 0.717) is 23.2 Å². The van der Waals surface area contributed by atoms with Crippen molar-refractivity contribution in [1.82, 2.24) is 15.6 Å². The molecule has 0 unspecified atom stereocenters. The van der Waals surface area contributed by atoms with Crippen LogP contribution in [0, 0.1) is 0 Å². The quantitative estimate of drug-likeness (QED) is 0.191. The van der Waals surface area contributed by atoms with Crippen molar-refractivity contribution in [3.05, 3.63) is 119 Å². The summed E-state index contributed by atoms with van der Waals surface area (Å²) in [6.45, 7) is 2.51. The van der Waals surface area contributed by atoms with Gasteiger partial charge in [0.25, 0.3) is 11.8 Å². The number of benzene rings is 3. The first-order chi connectivity index (χ1) is 20.2. The first-order valence-corrected chi connectivity index (χ1v) is 13.3. The van der Waals surface area contributed by atoms with Gasteiger partial charge in [-0.25, -0.2) is 4.98 Å². The highest BCUT2D eigenvalue weighted by atomic mass is 19.4. The molecule has 1 heterocycles. The molecule has 4 rings (SSSR count). The maximum atomic E-state index is 13.1. The van der Waals surface area contributed by atoms with Crippen molar-refractivity contribution in [1.29, 1.82) is 0 Å². The van der Waals surface area contributed by atoms with Crippen LogP contribution in [0.25, 0.3) is 11.1 Å². The molecule has 0 aliphatic carbocycles. The van der Waals surface area contributed by atoms with E-state index < -0.39 is 29.6 Å². The second-order valence-corrected chi connectivity index (χ2v) is 9.47. The van der Waals surface area contributed by atoms with Gasteiger partial charge in [-0.2, -0.15) is 13.2 Å². The molecule has 0 aliphatic heterocycles. The van der Waals surface area contributed by atoms with E-state index in [1.165, 1.54) is 30.5 Å². The smallest absolute Gasteiger partial charge is 0.354 e. The maximum absolute atomic E-state index is 13.1. The number of pyridine rings is 1. The number of alkyl halides is 3. The minimum atomic E-state index is -4.46. The molecule has 0 aliphatic rings. The third-order valence-corrected chi connectivity index (χ3v) is 6.46. The van der Waals surface area contributed by atoms with Gasteiger partial charge in [0.1, 0.15) is 11.9 Å². The third-order valence-electron chi connectivity index (χ3n) is 6.46. The predicted octanol–water partition coefficient (Wildman–Crippen LogP) is 6.41. The highest BCUT2D eigenvalue weighted by molar-refractivity contribution is 6.08. The number of nitrogens with zero attached hydrogens (tertiary/aromatic N) is 1. The highest BCUT2D eigenvalue weighted by Gasteiger charge is 2.30. The Kier molecular flexibility index (Phi) is 9.69. The van der Waals surface area contributed by atoms with Crippen LogP contribution in [-0.2, 0) is 11.0 Å². The molecule has 0 saturated heterocycles. The van der Waals surface area contributed by atoms with Crippen LogP contribution in [0.1, 0.15) is 57.7 Å². The van der Waals surface area contributed by atoms with E-state index in [1.54, 1.807) is 48.5 Å². The zero-order valence-electron chi connectivity index (χ0n) is 22.7. The third kappa shape index (κ3) is 7.60. The minimum absolute atomic E-state index is 0.163. The monoisotopic (exact) mass is 574 g/mol. The summed E-state index contributed by atoms with van der Waals surface area (Å²) in [6, 6.07) is 22.0. The number of anilines is 1. The number of carbonyl (C=O) groups excluding carboxylic acids is 3. The number of hydrogen-bond donors (Lipinski definition) is 3. The number of carbonyl (C=O) groups is 3. The van der Waals surface area contributed by atoms with Gasteiger partial charge in [-0.1, -0.05) is 74.0 Å². The molecule has 42 heavy (non-hydrogen) atoms. The lowest BCUT2D eigenvalue weighted by Crippen LogP contribution is -2.40. The van der Waals surface area contributed by atoms with Gasteiger partial charge in [0.05, 0.1) is 11.1 Å². The second kappa shape index (κ2) is 13.6. The van der Waals surface area contributed by atoms with E-state index in [-0.39, 0.29) is 22.9 Å². The Morgan fingerprint density at radius 2 is 1.52 bits per heavy atom. The Hall–Kier alpha value is -4.99. The van der Waals surface area contributed by atoms with E-state index in [1.807, 2.05) is 13.0 Å². The van der Waals surface area contributed by atoms with Crippen LogP contribution in [0.5, 0.6) is 0 Å². The summed E-state index contributed by atoms with van der Waals surface area (Å²) in [5, 5.41) is 8.25. The van der Waals surface area contributed by atoms with E-state index in [4.69, 9.17) is 0 Å². The van der Waals surface area contributed by atoms with Gasteiger partial charge in [0.15, 0.2) is 0 Å². The number of unbranched alkanes of at least 4 members (excludes halogenated alkanes) is 1. The van der Waals surface area contributed by atoms with Gasteiger partial charge in [0, 0.05) is 18.3 Å². The molecule has 0 radical (unpaired) electrons. The first-order valence-electron chi connectivity index (χ1n) is 13.3. The Morgan fingerprint density at radius 3 is 2.17 bits per heavy atom. The lowest BCUT2D eigenvalue weighted by atomic mass is 9.98. The topological polar surface area (TPSA) is 100 Å². The number of hydrogen-bond acceptors (Lipinski definition) is 4. The molecule has 7 nitrogen and oxygen atoms in total. The van der Waals surface area contributed by atoms with Gasteiger partial charge in [0.2, 0.25) is 5.91 Å². The van der Waals surface area contributed by atoms with Crippen molar-refractivity contribution >= 4 is 23.5 Å². The number of aromatic nitrogens is 1. The van der Waals surface area contributed by atoms with E-state index >= 15 is 0 Å². The fourth-order valence-corrected chi connectivity index (χ4v) is 4.21. The fourth-order valence-electron chi connectivity index (χ4n) is 4.21. The molecule has 3 N–H and O–H groups in total. The Balaban J connectivity index is 1.46. The Labute approximate surface area is 241 Å². The molecule has 0 bridgehead atoms. The standard InChI is InChI=1S/C32H29F3N4O3/c1-2-3-19-36-31(42)28(22-9-5-4-6-10-22)39-29(40)23-15-18-27(37-20-23)38-30(41)26-12-8-7-11-25(26)21-13-16-24(17-14-21)32(33,34)35/h4-18,20,28H,2-3,19H2,1H3,(H,36,42)(H,39,40)(H,37,38,41)/t28-/m0/s1. The predicted molar refractivity (Wildman–Crippen MR) is 154 cm³/mol. The van der Waals surface area contributed by atoms with Crippen molar-refractivity contribution in [2.75, 3.05) is 11.9 Å². The number of halogens is 3. The molecule has 0 fully saturated rings. The van der Waals surface area contributed by atoms with Crippen LogP contribution in [0.15, 0.2) is 97.2 Å². The Morgan fingerprint density at radius 1 is 0.833 bits per heavy atom. The lowest BCUT2D eigenvalue weighted by molar-refractivity contribution is -0.137. The molecule has 3 amide bonds. The van der Waals surface area contributed by atoms with Crippen LogP contribution in [0.2, 0.25) is 0 Å². The van der Waals surface area contributed by atoms with E-state index in [9.17, 15) is 27.6 Å². The van der Waals surface area contributed by atoms with Crippen molar-refractivity contribution in [2.24, 2.45) is 0 Å². The Bertz CT molecular complexity index is 1520. The molecular weight excluding hydrogens is 545 g/mol. The highest BCUT2D eigenvalue weighted by Crippen LogP contribution is 2.32. The zero-order valence-corrected chi connectivity index (χ0v) is 22.7. The van der Waals surface area contributed by atoms with Gasteiger partial charge in [-0.3, -0.25) is 14.4 Å². The lowest BCUT2D eigenvalue weighted by Gasteiger charge is -2.19. The maximum Gasteiger partial charge on any atom is 0.416 e. The summed E-state index contributed by atoms with van der Waals surface area (Å²) < 4.78 is 38.9. The fraction of sp³-hybridized carbons (Fsp3) is 0.188. The number of rotatable bonds is 10. The van der Waals surface area contributed by atoms with Crippen molar-refractivity contribution in [3.8, 4) is 11.1 Å². The minimum Gasteiger partial charge on any atom is -0.354 e. The summed E-state index contributed by atoms with van der Waals surface area (Å²) in [5.41, 5.74) is 1.16. The zero-order chi connectivity index (χ0) is 30.1. The molecule has 216 valence electrons. The average molecular weight is 575 g/mol. The van der Waals surface area contributed by atoms with E-state index in [0.717, 1.165) is 25.0 Å². The van der Waals surface area contributed by atoms with Gasteiger partial charge in [-0.15, -0.1) is 0 Å². The number of amides is 3. The molecule has 1 aromatic heterocycles. The van der Waals surface area contributed by atoms with Crippen LogP contribution < -0.4 is 16.0 Å². The second-order valence-electron chi connectivity index (χ2n) is 9.47. The largest absolute Gasteiger partial charge is 0.416 e. The summed E-state index contributed by atoms with van der Waals surface area (Å²) in [6.07, 6.45) is -1.46. The molecule has 4 aromatic rings. The average Bonchev–Trinajstić information content (AvgIpc) is 3.00. The summed E-state index contributed by atoms with van der Waals surface area (Å²) in [4.78, 5) is 43.1. The summed E-state index contributed by atoms with van der Waals surface area (Å²) in [5.74, 6) is -1.21. The molecule has 3 aromatic carbocycles. The van der Waals surface area contributed by atoms with Crippen molar-refractivity contribution in [3.63, 3.8) is 0 Å². The van der Waals surface area contributed by atoms with Gasteiger partial charge < -0.3 is 16.0 Å². The molecular formula is C32H29F3N4O3. The molecule has 10 heteroatoms. The summed E-state index contributed by atoms with van der Waals surface area (Å²) in [7, 11) is 0. The molecule has 0 spiro atoms. The van der Waals surface area contributed by atoms with Crippen LogP contribution in [-0.4, -0.2) is 29.3 Å². The molecule has 1 atom stereocenters. The number of nitrogens with one attached hydrogen (secondary N) is 3. The van der Waals surface area contributed by atoms with Gasteiger partial charge >= 0.3 is 6.18 Å². The van der Waals surface area contributed by atoms with Crippen LogP contribution in [0.3, 0.4) is 0 Å². The van der Waals surface area contributed by atoms with Crippen LogP contribution >= 0.6 is 0 Å². The van der Waals surface area contributed by atoms with Gasteiger partial charge in [-0.05, 0) is 53.4 Å². The first kappa shape index (κ1) is 30.0. The van der Waals surface area contributed by atoms with E-state index in [2.05, 4.69) is 20.9 Å². The molecule has 0 saturated carbocycles. The normalized spacial score (nSPS) is 11.8. The van der Waals surface area contributed by atoms with Crippen molar-refractivity contribution in [2.45, 2.75) is 32.0 Å². The SMILES string of the molecule is CCCCNC(=O)[C@@H](NC(=O)c1ccc(NC(=O)c2ccccc2-c2ccc(C(F)(F)F)cc2)nc1)c1ccccc1. The van der Waals surface area contributed by atoms with Crippen LogP contribution in [0.4, 0.5) is 19.0 Å².